The lowest BCUT2D eigenvalue weighted by Crippen LogP contribution is -1.93. The number of rotatable bonds is 2. The van der Waals surface area contributed by atoms with Gasteiger partial charge in [-0.15, -0.1) is 0 Å². The van der Waals surface area contributed by atoms with Gasteiger partial charge in [0.25, 0.3) is 0 Å². The minimum atomic E-state index is 0.148. The lowest BCUT2D eigenvalue weighted by atomic mass is 10.1. The van der Waals surface area contributed by atoms with Crippen LogP contribution in [0, 0.1) is 0 Å². The van der Waals surface area contributed by atoms with Crippen molar-refractivity contribution < 1.29 is 5.11 Å². The third-order valence-electron chi connectivity index (χ3n) is 2.76. The quantitative estimate of drug-likeness (QED) is 0.758. The Hall–Kier alpha value is -2.75. The Balaban J connectivity index is 2.25. The first-order valence-electron chi connectivity index (χ1n) is 5.87. The predicted octanol–water partition coefficient (Wildman–Crippen LogP) is 2.91. The van der Waals surface area contributed by atoms with Crippen molar-refractivity contribution in [1.82, 2.24) is 15.0 Å². The maximum absolute atomic E-state index is 10.1. The van der Waals surface area contributed by atoms with Gasteiger partial charge < -0.3 is 5.11 Å². The summed E-state index contributed by atoms with van der Waals surface area (Å²) in [5.74, 6) is 0.148. The van der Waals surface area contributed by atoms with Gasteiger partial charge in [0.1, 0.15) is 11.4 Å². The molecular weight excluding hydrogens is 238 g/mol. The summed E-state index contributed by atoms with van der Waals surface area (Å²) in [6.45, 7) is 0. The van der Waals surface area contributed by atoms with Crippen LogP contribution < -0.4 is 0 Å². The van der Waals surface area contributed by atoms with Gasteiger partial charge in [-0.05, 0) is 30.3 Å². The maximum Gasteiger partial charge on any atom is 0.128 e. The Labute approximate surface area is 110 Å². The van der Waals surface area contributed by atoms with E-state index in [1.165, 1.54) is 0 Å². The summed E-state index contributed by atoms with van der Waals surface area (Å²) in [5, 5.41) is 10.1. The smallest absolute Gasteiger partial charge is 0.128 e. The number of aromatic nitrogens is 3. The molecule has 0 saturated carbocycles. The summed E-state index contributed by atoms with van der Waals surface area (Å²) in [6.07, 6.45) is 4.94. The molecule has 92 valence electrons. The van der Waals surface area contributed by atoms with Gasteiger partial charge >= 0.3 is 0 Å². The molecule has 3 rings (SSSR count). The molecule has 1 N–H and O–H groups in total. The van der Waals surface area contributed by atoms with E-state index in [0.717, 1.165) is 0 Å². The van der Waals surface area contributed by atoms with Gasteiger partial charge in [-0.2, -0.15) is 0 Å². The van der Waals surface area contributed by atoms with Crippen molar-refractivity contribution in [2.24, 2.45) is 0 Å². The number of hydrogen-bond acceptors (Lipinski definition) is 4. The highest BCUT2D eigenvalue weighted by Gasteiger charge is 2.14. The van der Waals surface area contributed by atoms with E-state index in [0.29, 0.717) is 22.6 Å². The van der Waals surface area contributed by atoms with E-state index < -0.39 is 0 Å². The van der Waals surface area contributed by atoms with Crippen LogP contribution in [0.2, 0.25) is 0 Å². The van der Waals surface area contributed by atoms with Gasteiger partial charge in [0.15, 0.2) is 0 Å². The maximum atomic E-state index is 10.1. The Bertz CT molecular complexity index is 684. The minimum Gasteiger partial charge on any atom is -0.507 e. The second kappa shape index (κ2) is 4.86. The molecule has 0 amide bonds. The molecule has 0 aromatic carbocycles. The average molecular weight is 249 g/mol. The first kappa shape index (κ1) is 11.3. The van der Waals surface area contributed by atoms with Crippen LogP contribution in [0.3, 0.4) is 0 Å². The molecule has 0 aliphatic rings. The van der Waals surface area contributed by atoms with E-state index in [1.54, 1.807) is 24.7 Å². The molecule has 3 aromatic rings. The van der Waals surface area contributed by atoms with Gasteiger partial charge in [0, 0.05) is 18.6 Å². The fraction of sp³-hybridized carbons (Fsp3) is 0. The zero-order valence-corrected chi connectivity index (χ0v) is 10.1. The van der Waals surface area contributed by atoms with Crippen molar-refractivity contribution in [1.29, 1.82) is 0 Å². The van der Waals surface area contributed by atoms with E-state index in [4.69, 9.17) is 0 Å². The van der Waals surface area contributed by atoms with Gasteiger partial charge in [-0.25, -0.2) is 0 Å². The van der Waals surface area contributed by atoms with Gasteiger partial charge in [0.2, 0.25) is 0 Å². The summed E-state index contributed by atoms with van der Waals surface area (Å²) in [5.41, 5.74) is 2.61. The SMILES string of the molecule is Oc1ccnc(-c2ccccn2)c1-c1ccccn1. The highest BCUT2D eigenvalue weighted by Crippen LogP contribution is 2.34. The van der Waals surface area contributed by atoms with Crippen LogP contribution in [0.5, 0.6) is 5.75 Å². The van der Waals surface area contributed by atoms with Crippen LogP contribution in [0.1, 0.15) is 0 Å². The zero-order valence-electron chi connectivity index (χ0n) is 10.1. The highest BCUT2D eigenvalue weighted by molar-refractivity contribution is 5.81. The molecule has 0 saturated heterocycles. The average Bonchev–Trinajstić information content (AvgIpc) is 2.49. The molecular formula is C15H11N3O. The molecule has 0 aliphatic carbocycles. The van der Waals surface area contributed by atoms with Gasteiger partial charge in [-0.1, -0.05) is 12.1 Å². The number of pyridine rings is 3. The summed E-state index contributed by atoms with van der Waals surface area (Å²) >= 11 is 0. The Morgan fingerprint density at radius 2 is 1.37 bits per heavy atom. The van der Waals surface area contributed by atoms with Crippen molar-refractivity contribution in [3.05, 3.63) is 61.1 Å². The highest BCUT2D eigenvalue weighted by atomic mass is 16.3. The molecule has 19 heavy (non-hydrogen) atoms. The Kier molecular flexibility index (Phi) is 2.90. The summed E-state index contributed by atoms with van der Waals surface area (Å²) < 4.78 is 0. The fourth-order valence-corrected chi connectivity index (χ4v) is 1.91. The number of hydrogen-bond donors (Lipinski definition) is 1. The molecule has 0 atom stereocenters. The topological polar surface area (TPSA) is 58.9 Å². The molecule has 0 aliphatic heterocycles. The largest absolute Gasteiger partial charge is 0.507 e. The van der Waals surface area contributed by atoms with Gasteiger partial charge in [0.05, 0.1) is 17.0 Å². The molecule has 0 bridgehead atoms. The molecule has 4 heteroatoms. The van der Waals surface area contributed by atoms with E-state index in [9.17, 15) is 5.11 Å². The third kappa shape index (κ3) is 2.15. The van der Waals surface area contributed by atoms with Crippen molar-refractivity contribution in [3.63, 3.8) is 0 Å². The van der Waals surface area contributed by atoms with E-state index >= 15 is 0 Å². The molecule has 4 nitrogen and oxygen atoms in total. The Morgan fingerprint density at radius 3 is 2.00 bits per heavy atom. The minimum absolute atomic E-state index is 0.148. The van der Waals surface area contributed by atoms with Crippen LogP contribution in [-0.2, 0) is 0 Å². The molecule has 0 unspecified atom stereocenters. The first-order valence-corrected chi connectivity index (χ1v) is 5.87. The zero-order chi connectivity index (χ0) is 13.1. The second-order valence-electron chi connectivity index (χ2n) is 3.98. The fourth-order valence-electron chi connectivity index (χ4n) is 1.91. The summed E-state index contributed by atoms with van der Waals surface area (Å²) in [7, 11) is 0. The third-order valence-corrected chi connectivity index (χ3v) is 2.76. The number of aromatic hydroxyl groups is 1. The molecule has 0 spiro atoms. The van der Waals surface area contributed by atoms with Crippen molar-refractivity contribution in [2.45, 2.75) is 0 Å². The van der Waals surface area contributed by atoms with Gasteiger partial charge in [-0.3, -0.25) is 15.0 Å². The number of nitrogens with zero attached hydrogens (tertiary/aromatic N) is 3. The van der Waals surface area contributed by atoms with Crippen molar-refractivity contribution in [3.8, 4) is 28.4 Å². The van der Waals surface area contributed by atoms with E-state index in [-0.39, 0.29) is 5.75 Å². The first-order chi connectivity index (χ1) is 9.36. The molecule has 3 heterocycles. The Morgan fingerprint density at radius 1 is 0.684 bits per heavy atom. The van der Waals surface area contributed by atoms with Crippen molar-refractivity contribution >= 4 is 0 Å². The molecule has 3 aromatic heterocycles. The standard InChI is InChI=1S/C15H11N3O/c19-13-7-10-18-15(12-6-2-4-9-17-12)14(13)11-5-1-3-8-16-11/h1-10H,(H,18,19). The van der Waals surface area contributed by atoms with E-state index in [2.05, 4.69) is 15.0 Å². The monoisotopic (exact) mass is 249 g/mol. The second-order valence-corrected chi connectivity index (χ2v) is 3.98. The molecule has 0 radical (unpaired) electrons. The summed E-state index contributed by atoms with van der Waals surface area (Å²) in [4.78, 5) is 12.9. The van der Waals surface area contributed by atoms with E-state index in [1.807, 2.05) is 36.4 Å². The predicted molar refractivity (Wildman–Crippen MR) is 72.4 cm³/mol. The van der Waals surface area contributed by atoms with Crippen LogP contribution >= 0.6 is 0 Å². The van der Waals surface area contributed by atoms with Crippen molar-refractivity contribution in [2.75, 3.05) is 0 Å². The molecule has 0 fully saturated rings. The van der Waals surface area contributed by atoms with Crippen LogP contribution in [0.4, 0.5) is 0 Å². The summed E-state index contributed by atoms with van der Waals surface area (Å²) in [6, 6.07) is 12.7. The lowest BCUT2D eigenvalue weighted by Gasteiger charge is -2.09. The van der Waals surface area contributed by atoms with Crippen LogP contribution in [-0.4, -0.2) is 20.1 Å². The van der Waals surface area contributed by atoms with Crippen LogP contribution in [0.15, 0.2) is 61.1 Å². The van der Waals surface area contributed by atoms with Crippen LogP contribution in [0.25, 0.3) is 22.6 Å². The lowest BCUT2D eigenvalue weighted by molar-refractivity contribution is 0.476. The normalized spacial score (nSPS) is 10.3.